The highest BCUT2D eigenvalue weighted by Crippen LogP contribution is 2.26. The zero-order valence-electron chi connectivity index (χ0n) is 11.9. The molecule has 0 unspecified atom stereocenters. The molecule has 0 saturated carbocycles. The molecule has 1 N–H and O–H groups in total. The zero-order chi connectivity index (χ0) is 16.6. The van der Waals surface area contributed by atoms with Crippen LogP contribution in [0.4, 0.5) is 0 Å². The van der Waals surface area contributed by atoms with Gasteiger partial charge in [0.1, 0.15) is 10.7 Å². The Balaban J connectivity index is 2.04. The van der Waals surface area contributed by atoms with Crippen molar-refractivity contribution in [2.24, 2.45) is 0 Å². The standard InChI is InChI=1S/C16H11BrN2O3S/c1-8-12-14(20)18-11(19-15(12)23-13(8)16(21)22)7-4-9-2-5-10(17)6-3-9/h2-7H,1H3,(H,21,22)(H,18,19,20)/p-1/b7-4+. The Hall–Kier alpha value is -2.25. The van der Waals surface area contributed by atoms with Gasteiger partial charge in [-0.05, 0) is 36.3 Å². The summed E-state index contributed by atoms with van der Waals surface area (Å²) < 4.78 is 0.978. The van der Waals surface area contributed by atoms with Gasteiger partial charge in [0.05, 0.1) is 16.2 Å². The van der Waals surface area contributed by atoms with Crippen molar-refractivity contribution in [3.63, 3.8) is 0 Å². The van der Waals surface area contributed by atoms with Gasteiger partial charge >= 0.3 is 0 Å². The van der Waals surface area contributed by atoms with E-state index in [1.54, 1.807) is 13.0 Å². The number of carbonyl (C=O) groups excluding carboxylic acids is 1. The number of nitrogens with zero attached hydrogens (tertiary/aromatic N) is 1. The fraction of sp³-hybridized carbons (Fsp3) is 0.0625. The first-order valence-electron chi connectivity index (χ1n) is 6.64. The highest BCUT2D eigenvalue weighted by atomic mass is 79.9. The maximum absolute atomic E-state index is 12.2. The molecule has 0 aliphatic heterocycles. The summed E-state index contributed by atoms with van der Waals surface area (Å²) in [4.78, 5) is 30.6. The van der Waals surface area contributed by atoms with Crippen LogP contribution in [0.3, 0.4) is 0 Å². The number of aromatic carboxylic acids is 1. The molecule has 0 spiro atoms. The van der Waals surface area contributed by atoms with Crippen LogP contribution in [0, 0.1) is 6.92 Å². The van der Waals surface area contributed by atoms with Crippen molar-refractivity contribution in [2.45, 2.75) is 6.92 Å². The molecule has 2 aromatic heterocycles. The monoisotopic (exact) mass is 389 g/mol. The molecule has 1 aromatic carbocycles. The predicted molar refractivity (Wildman–Crippen MR) is 92.4 cm³/mol. The van der Waals surface area contributed by atoms with Crippen LogP contribution in [-0.4, -0.2) is 15.9 Å². The summed E-state index contributed by atoms with van der Waals surface area (Å²) in [6, 6.07) is 7.66. The molecule has 2 heterocycles. The lowest BCUT2D eigenvalue weighted by Gasteiger charge is -1.97. The Morgan fingerprint density at radius 1 is 1.30 bits per heavy atom. The number of benzene rings is 1. The molecule has 0 radical (unpaired) electrons. The predicted octanol–water partition coefficient (Wildman–Crippen LogP) is 2.59. The first-order valence-corrected chi connectivity index (χ1v) is 8.25. The first-order chi connectivity index (χ1) is 11.0. The van der Waals surface area contributed by atoms with E-state index in [9.17, 15) is 14.7 Å². The van der Waals surface area contributed by atoms with Gasteiger partial charge in [-0.1, -0.05) is 34.1 Å². The van der Waals surface area contributed by atoms with Gasteiger partial charge in [-0.3, -0.25) is 4.79 Å². The Labute approximate surface area is 143 Å². The fourth-order valence-electron chi connectivity index (χ4n) is 2.18. The SMILES string of the molecule is Cc1c(C(=O)[O-])sc2nc(/C=C/c3ccc(Br)cc3)[nH]c(=O)c12. The van der Waals surface area contributed by atoms with Crippen LogP contribution in [-0.2, 0) is 0 Å². The van der Waals surface area contributed by atoms with Crippen LogP contribution in [0.25, 0.3) is 22.4 Å². The molecular formula is C16H10BrN2O3S-. The van der Waals surface area contributed by atoms with Crippen LogP contribution in [0.15, 0.2) is 33.5 Å². The number of aryl methyl sites for hydroxylation is 1. The zero-order valence-corrected chi connectivity index (χ0v) is 14.3. The van der Waals surface area contributed by atoms with E-state index in [1.807, 2.05) is 30.3 Å². The lowest BCUT2D eigenvalue weighted by atomic mass is 10.2. The number of aromatic amines is 1. The van der Waals surface area contributed by atoms with Gasteiger partial charge in [0.15, 0.2) is 0 Å². The minimum absolute atomic E-state index is 0.0343. The minimum atomic E-state index is -1.29. The quantitative estimate of drug-likeness (QED) is 0.745. The van der Waals surface area contributed by atoms with Gasteiger partial charge < -0.3 is 14.9 Å². The third kappa shape index (κ3) is 3.11. The Morgan fingerprint density at radius 2 is 2.00 bits per heavy atom. The molecule has 23 heavy (non-hydrogen) atoms. The number of rotatable bonds is 3. The van der Waals surface area contributed by atoms with Crippen molar-refractivity contribution in [2.75, 3.05) is 0 Å². The van der Waals surface area contributed by atoms with Crippen LogP contribution in [0.5, 0.6) is 0 Å². The van der Waals surface area contributed by atoms with E-state index in [0.717, 1.165) is 21.4 Å². The second-order valence-electron chi connectivity index (χ2n) is 4.86. The maximum atomic E-state index is 12.2. The molecule has 0 fully saturated rings. The number of nitrogens with one attached hydrogen (secondary N) is 1. The van der Waals surface area contributed by atoms with E-state index in [2.05, 4.69) is 25.9 Å². The summed E-state index contributed by atoms with van der Waals surface area (Å²) in [6.07, 6.45) is 3.49. The van der Waals surface area contributed by atoms with E-state index in [1.165, 1.54) is 0 Å². The Morgan fingerprint density at radius 3 is 2.65 bits per heavy atom. The Bertz CT molecular complexity index is 987. The maximum Gasteiger partial charge on any atom is 0.260 e. The molecule has 0 aliphatic rings. The topological polar surface area (TPSA) is 85.9 Å². The van der Waals surface area contributed by atoms with Crippen LogP contribution < -0.4 is 10.7 Å². The third-order valence-corrected chi connectivity index (χ3v) is 5.00. The normalized spacial score (nSPS) is 11.4. The number of carbonyl (C=O) groups is 1. The number of H-pyrrole nitrogens is 1. The van der Waals surface area contributed by atoms with Gasteiger partial charge in [-0.2, -0.15) is 0 Å². The molecule has 0 saturated heterocycles. The average molecular weight is 390 g/mol. The summed E-state index contributed by atoms with van der Waals surface area (Å²) >= 11 is 4.31. The fourth-order valence-corrected chi connectivity index (χ4v) is 3.47. The lowest BCUT2D eigenvalue weighted by molar-refractivity contribution is -0.254. The van der Waals surface area contributed by atoms with Gasteiger partial charge in [-0.25, -0.2) is 4.98 Å². The number of halogens is 1. The molecule has 0 aliphatic carbocycles. The van der Waals surface area contributed by atoms with Gasteiger partial charge in [0.2, 0.25) is 0 Å². The van der Waals surface area contributed by atoms with Crippen molar-refractivity contribution in [3.8, 4) is 0 Å². The first kappa shape index (κ1) is 15.6. The molecule has 0 bridgehead atoms. The van der Waals surface area contributed by atoms with E-state index >= 15 is 0 Å². The Kier molecular flexibility index (Phi) is 4.14. The largest absolute Gasteiger partial charge is 0.544 e. The van der Waals surface area contributed by atoms with Crippen molar-refractivity contribution in [1.29, 1.82) is 0 Å². The molecule has 3 aromatic rings. The third-order valence-electron chi connectivity index (χ3n) is 3.31. The second kappa shape index (κ2) is 6.10. The molecule has 3 rings (SSSR count). The van der Waals surface area contributed by atoms with Crippen molar-refractivity contribution < 1.29 is 9.90 Å². The molecule has 0 atom stereocenters. The van der Waals surface area contributed by atoms with Crippen molar-refractivity contribution >= 4 is 55.6 Å². The molecule has 7 heteroatoms. The summed E-state index contributed by atoms with van der Waals surface area (Å²) in [5.74, 6) is -0.923. The van der Waals surface area contributed by atoms with Crippen LogP contribution in [0.1, 0.15) is 26.6 Å². The molecule has 0 amide bonds. The second-order valence-corrected chi connectivity index (χ2v) is 6.77. The van der Waals surface area contributed by atoms with Crippen molar-refractivity contribution in [3.05, 3.63) is 60.9 Å². The van der Waals surface area contributed by atoms with Crippen molar-refractivity contribution in [1.82, 2.24) is 9.97 Å². The number of aromatic nitrogens is 2. The summed E-state index contributed by atoms with van der Waals surface area (Å²) in [5, 5.41) is 11.4. The van der Waals surface area contributed by atoms with E-state index in [-0.39, 0.29) is 10.4 Å². The van der Waals surface area contributed by atoms with Crippen LogP contribution in [0.2, 0.25) is 0 Å². The molecular weight excluding hydrogens is 380 g/mol. The smallest absolute Gasteiger partial charge is 0.260 e. The number of fused-ring (bicyclic) bond motifs is 1. The number of thiophene rings is 1. The van der Waals surface area contributed by atoms with Gasteiger partial charge in [0.25, 0.3) is 5.56 Å². The number of carboxylic acid groups (broad SMARTS) is 1. The highest BCUT2D eigenvalue weighted by Gasteiger charge is 2.14. The summed E-state index contributed by atoms with van der Waals surface area (Å²) in [5.41, 5.74) is 0.989. The van der Waals surface area contributed by atoms with Crippen LogP contribution >= 0.6 is 27.3 Å². The van der Waals surface area contributed by atoms with E-state index in [0.29, 0.717) is 21.6 Å². The average Bonchev–Trinajstić information content (AvgIpc) is 2.84. The highest BCUT2D eigenvalue weighted by molar-refractivity contribution is 9.10. The lowest BCUT2D eigenvalue weighted by Crippen LogP contribution is -2.21. The number of carboxylic acids is 1. The number of hydrogen-bond acceptors (Lipinski definition) is 5. The van der Waals surface area contributed by atoms with Gasteiger partial charge in [-0.15, -0.1) is 11.3 Å². The summed E-state index contributed by atoms with van der Waals surface area (Å²) in [6.45, 7) is 1.58. The van der Waals surface area contributed by atoms with E-state index < -0.39 is 5.97 Å². The summed E-state index contributed by atoms with van der Waals surface area (Å²) in [7, 11) is 0. The minimum Gasteiger partial charge on any atom is -0.544 e. The number of hydrogen-bond donors (Lipinski definition) is 1. The molecule has 5 nitrogen and oxygen atoms in total. The molecule has 116 valence electrons. The van der Waals surface area contributed by atoms with E-state index in [4.69, 9.17) is 0 Å². The van der Waals surface area contributed by atoms with Gasteiger partial charge in [0, 0.05) is 4.47 Å².